The minimum atomic E-state index is -0.625. The number of nitrogens with zero attached hydrogens (tertiary/aromatic N) is 1. The van der Waals surface area contributed by atoms with Crippen LogP contribution in [0.15, 0.2) is 30.3 Å². The predicted octanol–water partition coefficient (Wildman–Crippen LogP) is 1.63. The van der Waals surface area contributed by atoms with Crippen LogP contribution >= 0.6 is 0 Å². The highest BCUT2D eigenvalue weighted by Gasteiger charge is 2.13. The fraction of sp³-hybridized carbons (Fsp3) is 0.500. The Bertz CT molecular complexity index is 373. The van der Waals surface area contributed by atoms with Crippen LogP contribution in [-0.4, -0.2) is 30.4 Å². The van der Waals surface area contributed by atoms with E-state index in [0.29, 0.717) is 12.6 Å². The molecule has 0 bridgehead atoms. The highest BCUT2D eigenvalue weighted by Crippen LogP contribution is 2.15. The molecule has 0 aliphatic rings. The summed E-state index contributed by atoms with van der Waals surface area (Å²) in [6, 6.07) is 11.7. The number of aliphatic hydroxyl groups is 1. The average molecular weight is 248 g/mol. The molecule has 18 heavy (non-hydrogen) atoms. The van der Waals surface area contributed by atoms with Crippen LogP contribution < -0.4 is 5.32 Å². The van der Waals surface area contributed by atoms with Crippen LogP contribution in [0.1, 0.15) is 25.5 Å². The molecule has 1 aromatic carbocycles. The summed E-state index contributed by atoms with van der Waals surface area (Å²) in [5.74, 6) is 0. The third-order valence-corrected chi connectivity index (χ3v) is 2.44. The smallest absolute Gasteiger partial charge is 0.169 e. The zero-order valence-electron chi connectivity index (χ0n) is 10.8. The Morgan fingerprint density at radius 1 is 1.33 bits per heavy atom. The first-order chi connectivity index (χ1) is 8.63. The van der Waals surface area contributed by atoms with Gasteiger partial charge in [0, 0.05) is 12.6 Å². The monoisotopic (exact) mass is 248 g/mol. The van der Waals surface area contributed by atoms with Crippen LogP contribution in [-0.2, 0) is 4.74 Å². The zero-order chi connectivity index (χ0) is 13.4. The van der Waals surface area contributed by atoms with Crippen molar-refractivity contribution in [3.8, 4) is 6.07 Å². The number of nitrogens with one attached hydrogen (secondary N) is 1. The van der Waals surface area contributed by atoms with E-state index in [0.717, 1.165) is 5.56 Å². The van der Waals surface area contributed by atoms with Crippen LogP contribution in [0.2, 0.25) is 0 Å². The molecule has 0 amide bonds. The molecule has 1 aromatic rings. The van der Waals surface area contributed by atoms with Crippen molar-refractivity contribution >= 4 is 0 Å². The van der Waals surface area contributed by atoms with Gasteiger partial charge in [0.15, 0.2) is 6.10 Å². The average Bonchev–Trinajstić information content (AvgIpc) is 2.38. The van der Waals surface area contributed by atoms with E-state index < -0.39 is 12.2 Å². The molecule has 0 spiro atoms. The normalized spacial score (nSPS) is 14.2. The van der Waals surface area contributed by atoms with Crippen molar-refractivity contribution in [2.45, 2.75) is 32.1 Å². The molecular formula is C14H20N2O2. The second-order valence-corrected chi connectivity index (χ2v) is 4.47. The van der Waals surface area contributed by atoms with E-state index >= 15 is 0 Å². The summed E-state index contributed by atoms with van der Waals surface area (Å²) in [6.07, 6.45) is -1.23. The molecule has 0 aromatic heterocycles. The lowest BCUT2D eigenvalue weighted by Gasteiger charge is -2.16. The molecule has 2 unspecified atom stereocenters. The molecule has 98 valence electrons. The second-order valence-electron chi connectivity index (χ2n) is 4.47. The van der Waals surface area contributed by atoms with E-state index in [9.17, 15) is 5.11 Å². The summed E-state index contributed by atoms with van der Waals surface area (Å²) >= 11 is 0. The summed E-state index contributed by atoms with van der Waals surface area (Å²) < 4.78 is 5.42. The first-order valence-electron chi connectivity index (χ1n) is 6.11. The van der Waals surface area contributed by atoms with Crippen molar-refractivity contribution in [2.24, 2.45) is 0 Å². The molecule has 0 aliphatic carbocycles. The highest BCUT2D eigenvalue weighted by atomic mass is 16.5. The third-order valence-electron chi connectivity index (χ3n) is 2.44. The minimum absolute atomic E-state index is 0.146. The van der Waals surface area contributed by atoms with Gasteiger partial charge in [-0.3, -0.25) is 0 Å². The quantitative estimate of drug-likeness (QED) is 0.769. The number of ether oxygens (including phenoxy) is 1. The fourth-order valence-corrected chi connectivity index (χ4v) is 1.47. The van der Waals surface area contributed by atoms with Gasteiger partial charge in [-0.05, 0) is 5.56 Å². The van der Waals surface area contributed by atoms with E-state index in [1.165, 1.54) is 0 Å². The molecule has 0 radical (unpaired) electrons. The van der Waals surface area contributed by atoms with Crippen molar-refractivity contribution in [3.05, 3.63) is 35.9 Å². The Morgan fingerprint density at radius 3 is 2.56 bits per heavy atom. The van der Waals surface area contributed by atoms with Gasteiger partial charge in [-0.1, -0.05) is 44.2 Å². The van der Waals surface area contributed by atoms with Crippen LogP contribution in [0.4, 0.5) is 0 Å². The maximum atomic E-state index is 9.69. The van der Waals surface area contributed by atoms with Gasteiger partial charge < -0.3 is 15.2 Å². The molecule has 0 aliphatic heterocycles. The molecule has 2 atom stereocenters. The molecule has 0 saturated carbocycles. The summed E-state index contributed by atoms with van der Waals surface area (Å²) in [4.78, 5) is 0. The summed E-state index contributed by atoms with van der Waals surface area (Å²) in [5, 5.41) is 21.8. The van der Waals surface area contributed by atoms with Crippen molar-refractivity contribution < 1.29 is 9.84 Å². The van der Waals surface area contributed by atoms with Gasteiger partial charge in [0.1, 0.15) is 0 Å². The van der Waals surface area contributed by atoms with Crippen LogP contribution in [0.3, 0.4) is 0 Å². The lowest BCUT2D eigenvalue weighted by atomic mass is 10.1. The maximum Gasteiger partial charge on any atom is 0.169 e. The van der Waals surface area contributed by atoms with Crippen LogP contribution in [0.25, 0.3) is 0 Å². The SMILES string of the molecule is CC(C)NCC(O)COC(C#N)c1ccccc1. The van der Waals surface area contributed by atoms with Crippen molar-refractivity contribution in [2.75, 3.05) is 13.2 Å². The van der Waals surface area contributed by atoms with Gasteiger partial charge in [-0.15, -0.1) is 0 Å². The molecule has 0 saturated heterocycles. The van der Waals surface area contributed by atoms with Gasteiger partial charge in [0.25, 0.3) is 0 Å². The predicted molar refractivity (Wildman–Crippen MR) is 69.9 cm³/mol. The van der Waals surface area contributed by atoms with Crippen molar-refractivity contribution in [1.29, 1.82) is 5.26 Å². The number of hydrogen-bond acceptors (Lipinski definition) is 4. The Morgan fingerprint density at radius 2 is 2.00 bits per heavy atom. The van der Waals surface area contributed by atoms with E-state index in [-0.39, 0.29) is 6.61 Å². The molecule has 0 heterocycles. The number of hydrogen-bond donors (Lipinski definition) is 2. The lowest BCUT2D eigenvalue weighted by Crippen LogP contribution is -2.34. The molecule has 0 fully saturated rings. The molecule has 1 rings (SSSR count). The van der Waals surface area contributed by atoms with E-state index in [2.05, 4.69) is 11.4 Å². The second kappa shape index (κ2) is 7.83. The number of rotatable bonds is 7. The molecule has 2 N–H and O–H groups in total. The van der Waals surface area contributed by atoms with E-state index in [1.54, 1.807) is 0 Å². The maximum absolute atomic E-state index is 9.69. The largest absolute Gasteiger partial charge is 0.389 e. The van der Waals surface area contributed by atoms with Gasteiger partial charge in [-0.25, -0.2) is 0 Å². The first-order valence-corrected chi connectivity index (χ1v) is 6.11. The highest BCUT2D eigenvalue weighted by molar-refractivity contribution is 5.21. The third kappa shape index (κ3) is 5.28. The molecule has 4 nitrogen and oxygen atoms in total. The fourth-order valence-electron chi connectivity index (χ4n) is 1.47. The summed E-state index contributed by atoms with van der Waals surface area (Å²) in [5.41, 5.74) is 0.809. The number of benzene rings is 1. The van der Waals surface area contributed by atoms with Gasteiger partial charge in [0.05, 0.1) is 18.8 Å². The molecular weight excluding hydrogens is 228 g/mol. The number of nitriles is 1. The topological polar surface area (TPSA) is 65.3 Å². The van der Waals surface area contributed by atoms with Crippen molar-refractivity contribution in [1.82, 2.24) is 5.32 Å². The summed E-state index contributed by atoms with van der Waals surface area (Å²) in [6.45, 7) is 4.63. The Balaban J connectivity index is 2.39. The van der Waals surface area contributed by atoms with Crippen LogP contribution in [0.5, 0.6) is 0 Å². The zero-order valence-corrected chi connectivity index (χ0v) is 10.8. The lowest BCUT2D eigenvalue weighted by molar-refractivity contribution is 0.0117. The van der Waals surface area contributed by atoms with E-state index in [1.807, 2.05) is 44.2 Å². The van der Waals surface area contributed by atoms with Gasteiger partial charge >= 0.3 is 0 Å². The Kier molecular flexibility index (Phi) is 6.37. The van der Waals surface area contributed by atoms with Crippen LogP contribution in [0, 0.1) is 11.3 Å². The summed E-state index contributed by atoms with van der Waals surface area (Å²) in [7, 11) is 0. The van der Waals surface area contributed by atoms with Gasteiger partial charge in [-0.2, -0.15) is 5.26 Å². The molecule has 4 heteroatoms. The standard InChI is InChI=1S/C14H20N2O2/c1-11(2)16-9-13(17)10-18-14(8-15)12-6-4-3-5-7-12/h3-7,11,13-14,16-17H,9-10H2,1-2H3. The Labute approximate surface area is 108 Å². The number of aliphatic hydroxyl groups excluding tert-OH is 1. The Hall–Kier alpha value is -1.41. The van der Waals surface area contributed by atoms with E-state index in [4.69, 9.17) is 10.00 Å². The van der Waals surface area contributed by atoms with Gasteiger partial charge in [0.2, 0.25) is 0 Å². The minimum Gasteiger partial charge on any atom is -0.389 e. The first kappa shape index (κ1) is 14.7. The van der Waals surface area contributed by atoms with Crippen molar-refractivity contribution in [3.63, 3.8) is 0 Å².